The molecule has 0 bridgehead atoms. The lowest BCUT2D eigenvalue weighted by molar-refractivity contribution is -0.155. The second-order valence-electron chi connectivity index (χ2n) is 7.82. The molecule has 0 unspecified atom stereocenters. The standard InChI is InChI=1S/C22H29N3O9/c1-14(2)11-17(24-20(27)30-12-18-15(3)33-22(29)34-18)19(26)31-13-32-21(28)25(4)10-8-16-7-5-6-9-23-16/h5-7,9,14,17H,8,10-13H2,1-4H3,(H,24,27)/t17-/m0/s1. The van der Waals surface area contributed by atoms with E-state index < -0.39 is 36.8 Å². The van der Waals surface area contributed by atoms with Crippen LogP contribution in [0.25, 0.3) is 0 Å². The number of alkyl carbamates (subject to hydrolysis) is 1. The Labute approximate surface area is 196 Å². The summed E-state index contributed by atoms with van der Waals surface area (Å²) in [5.74, 6) is -1.42. The van der Waals surface area contributed by atoms with Crippen LogP contribution in [0.3, 0.4) is 0 Å². The second kappa shape index (κ2) is 13.0. The van der Waals surface area contributed by atoms with Crippen LogP contribution in [0, 0.1) is 12.8 Å². The summed E-state index contributed by atoms with van der Waals surface area (Å²) in [6.45, 7) is 4.59. The number of ether oxygens (including phenoxy) is 3. The van der Waals surface area contributed by atoms with Gasteiger partial charge in [-0.2, -0.15) is 0 Å². The van der Waals surface area contributed by atoms with Gasteiger partial charge in [0.2, 0.25) is 6.79 Å². The van der Waals surface area contributed by atoms with E-state index in [2.05, 4.69) is 14.7 Å². The molecular weight excluding hydrogens is 450 g/mol. The molecule has 0 aliphatic rings. The molecule has 186 valence electrons. The Kier molecular flexibility index (Phi) is 10.1. The number of amides is 2. The van der Waals surface area contributed by atoms with Gasteiger partial charge in [-0.15, -0.1) is 0 Å². The molecule has 2 aromatic rings. The van der Waals surface area contributed by atoms with E-state index >= 15 is 0 Å². The number of esters is 1. The van der Waals surface area contributed by atoms with E-state index in [1.165, 1.54) is 11.8 Å². The molecule has 0 saturated carbocycles. The van der Waals surface area contributed by atoms with E-state index in [1.54, 1.807) is 19.3 Å². The quantitative estimate of drug-likeness (QED) is 0.376. The van der Waals surface area contributed by atoms with E-state index in [0.29, 0.717) is 13.0 Å². The van der Waals surface area contributed by atoms with Gasteiger partial charge in [-0.3, -0.25) is 4.98 Å². The van der Waals surface area contributed by atoms with Crippen molar-refractivity contribution >= 4 is 18.2 Å². The predicted molar refractivity (Wildman–Crippen MR) is 117 cm³/mol. The molecule has 0 aliphatic carbocycles. The van der Waals surface area contributed by atoms with E-state index in [4.69, 9.17) is 18.6 Å². The van der Waals surface area contributed by atoms with Gasteiger partial charge < -0.3 is 33.3 Å². The van der Waals surface area contributed by atoms with Gasteiger partial charge in [0, 0.05) is 31.9 Å². The molecule has 2 heterocycles. The molecule has 1 atom stereocenters. The maximum Gasteiger partial charge on any atom is 0.519 e. The maximum absolute atomic E-state index is 12.4. The molecule has 0 aromatic carbocycles. The van der Waals surface area contributed by atoms with Crippen molar-refractivity contribution in [3.63, 3.8) is 0 Å². The van der Waals surface area contributed by atoms with Crippen LogP contribution in [-0.4, -0.2) is 54.5 Å². The van der Waals surface area contributed by atoms with Crippen molar-refractivity contribution in [2.75, 3.05) is 20.4 Å². The fraction of sp³-hybridized carbons (Fsp3) is 0.500. The first-order chi connectivity index (χ1) is 16.2. The second-order valence-corrected chi connectivity index (χ2v) is 7.82. The van der Waals surface area contributed by atoms with Crippen LogP contribution < -0.4 is 11.1 Å². The Morgan fingerprint density at radius 2 is 1.91 bits per heavy atom. The first-order valence-corrected chi connectivity index (χ1v) is 10.6. The SMILES string of the molecule is Cc1oc(=O)oc1COC(=O)N[C@@H](CC(C)C)C(=O)OCOC(=O)N(C)CCc1ccccn1. The van der Waals surface area contributed by atoms with Crippen LogP contribution in [0.2, 0.25) is 0 Å². The molecule has 2 rings (SSSR count). The monoisotopic (exact) mass is 479 g/mol. The van der Waals surface area contributed by atoms with Gasteiger partial charge in [0.1, 0.15) is 6.04 Å². The Balaban J connectivity index is 1.77. The van der Waals surface area contributed by atoms with Crippen molar-refractivity contribution in [1.29, 1.82) is 0 Å². The minimum absolute atomic E-state index is 0.0345. The van der Waals surface area contributed by atoms with Crippen LogP contribution in [0.1, 0.15) is 37.5 Å². The molecule has 12 heteroatoms. The Hall–Kier alpha value is -3.83. The summed E-state index contributed by atoms with van der Waals surface area (Å²) < 4.78 is 24.4. The molecule has 0 spiro atoms. The van der Waals surface area contributed by atoms with Crippen molar-refractivity contribution in [1.82, 2.24) is 15.2 Å². The van der Waals surface area contributed by atoms with Crippen molar-refractivity contribution in [3.8, 4) is 0 Å². The van der Waals surface area contributed by atoms with E-state index in [-0.39, 0.29) is 30.5 Å². The van der Waals surface area contributed by atoms with E-state index in [9.17, 15) is 19.2 Å². The Bertz CT molecular complexity index is 1000. The minimum Gasteiger partial charge on any atom is -0.441 e. The lowest BCUT2D eigenvalue weighted by Crippen LogP contribution is -2.43. The largest absolute Gasteiger partial charge is 0.519 e. The van der Waals surface area contributed by atoms with Gasteiger partial charge >= 0.3 is 24.0 Å². The summed E-state index contributed by atoms with van der Waals surface area (Å²) in [5, 5.41) is 2.40. The summed E-state index contributed by atoms with van der Waals surface area (Å²) >= 11 is 0. The summed E-state index contributed by atoms with van der Waals surface area (Å²) in [6.07, 6.45) is 0.869. The molecule has 34 heavy (non-hydrogen) atoms. The third-order valence-corrected chi connectivity index (χ3v) is 4.58. The third-order valence-electron chi connectivity index (χ3n) is 4.58. The zero-order valence-corrected chi connectivity index (χ0v) is 19.6. The third kappa shape index (κ3) is 8.96. The fourth-order valence-corrected chi connectivity index (χ4v) is 2.78. The maximum atomic E-state index is 12.4. The van der Waals surface area contributed by atoms with Crippen molar-refractivity contribution in [2.24, 2.45) is 5.92 Å². The molecular formula is C22H29N3O9. The highest BCUT2D eigenvalue weighted by molar-refractivity contribution is 5.81. The highest BCUT2D eigenvalue weighted by Crippen LogP contribution is 2.09. The van der Waals surface area contributed by atoms with E-state index in [1.807, 2.05) is 26.0 Å². The van der Waals surface area contributed by atoms with Crippen LogP contribution >= 0.6 is 0 Å². The summed E-state index contributed by atoms with van der Waals surface area (Å²) in [6, 6.07) is 4.47. The van der Waals surface area contributed by atoms with Gasteiger partial charge in [-0.25, -0.2) is 19.2 Å². The van der Waals surface area contributed by atoms with Gasteiger partial charge in [0.25, 0.3) is 0 Å². The zero-order chi connectivity index (χ0) is 25.1. The predicted octanol–water partition coefficient (Wildman–Crippen LogP) is 2.39. The van der Waals surface area contributed by atoms with Gasteiger partial charge in [0.15, 0.2) is 18.1 Å². The zero-order valence-electron chi connectivity index (χ0n) is 19.6. The number of carbonyl (C=O) groups is 3. The number of likely N-dealkylation sites (N-methyl/N-ethyl adjacent to an activating group) is 1. The molecule has 12 nitrogen and oxygen atoms in total. The number of hydrogen-bond acceptors (Lipinski definition) is 10. The molecule has 0 saturated heterocycles. The van der Waals surface area contributed by atoms with Crippen LogP contribution in [0.5, 0.6) is 0 Å². The molecule has 1 N–H and O–H groups in total. The topological polar surface area (TPSA) is 150 Å². The average molecular weight is 479 g/mol. The molecule has 2 amide bonds. The molecule has 2 aromatic heterocycles. The molecule has 0 fully saturated rings. The smallest absolute Gasteiger partial charge is 0.441 e. The average Bonchev–Trinajstić information content (AvgIpc) is 3.12. The van der Waals surface area contributed by atoms with Gasteiger partial charge in [0.05, 0.1) is 0 Å². The number of aryl methyl sites for hydroxylation is 1. The van der Waals surface area contributed by atoms with Gasteiger partial charge in [-0.05, 0) is 31.4 Å². The lowest BCUT2D eigenvalue weighted by Gasteiger charge is -2.20. The Morgan fingerprint density at radius 1 is 1.15 bits per heavy atom. The van der Waals surface area contributed by atoms with Crippen molar-refractivity contribution in [3.05, 3.63) is 52.2 Å². The Morgan fingerprint density at radius 3 is 2.53 bits per heavy atom. The normalized spacial score (nSPS) is 11.6. The van der Waals surface area contributed by atoms with Crippen molar-refractivity contribution in [2.45, 2.75) is 46.3 Å². The van der Waals surface area contributed by atoms with Gasteiger partial charge in [-0.1, -0.05) is 19.9 Å². The lowest BCUT2D eigenvalue weighted by atomic mass is 10.0. The number of pyridine rings is 1. The highest BCUT2D eigenvalue weighted by atomic mass is 16.7. The summed E-state index contributed by atoms with van der Waals surface area (Å²) in [4.78, 5) is 53.2. The molecule has 0 radical (unpaired) electrons. The first-order valence-electron chi connectivity index (χ1n) is 10.6. The highest BCUT2D eigenvalue weighted by Gasteiger charge is 2.25. The minimum atomic E-state index is -1.04. The number of nitrogens with zero attached hydrogens (tertiary/aromatic N) is 2. The summed E-state index contributed by atoms with van der Waals surface area (Å²) in [7, 11) is 1.55. The van der Waals surface area contributed by atoms with Crippen molar-refractivity contribution < 1.29 is 37.4 Å². The fourth-order valence-electron chi connectivity index (χ4n) is 2.78. The van der Waals surface area contributed by atoms with Crippen LogP contribution in [0.4, 0.5) is 9.59 Å². The number of nitrogens with one attached hydrogen (secondary N) is 1. The van der Waals surface area contributed by atoms with Crippen LogP contribution in [-0.2, 0) is 32.0 Å². The number of aromatic nitrogens is 1. The summed E-state index contributed by atoms with van der Waals surface area (Å²) in [5.41, 5.74) is 0.827. The molecule has 0 aliphatic heterocycles. The first kappa shape index (κ1) is 26.4. The number of hydrogen-bond donors (Lipinski definition) is 1. The van der Waals surface area contributed by atoms with Crippen LogP contribution in [0.15, 0.2) is 38.0 Å². The number of rotatable bonds is 11. The number of carbonyl (C=O) groups excluding carboxylic acids is 3. The van der Waals surface area contributed by atoms with E-state index in [0.717, 1.165) is 5.69 Å².